The van der Waals surface area contributed by atoms with Gasteiger partial charge in [0.1, 0.15) is 25.4 Å². The molecule has 2 aromatic carbocycles. The minimum absolute atomic E-state index is 0. The number of aromatic nitrogens is 6. The Bertz CT molecular complexity index is 3320. The first-order valence-electron chi connectivity index (χ1n) is 26.4. The smallest absolute Gasteiger partial charge is 0.416 e. The van der Waals surface area contributed by atoms with Crippen molar-refractivity contribution in [2.24, 2.45) is 0 Å². The van der Waals surface area contributed by atoms with E-state index in [9.17, 15) is 31.1 Å². The molecule has 468 valence electrons. The molecule has 2 amide bonds. The Morgan fingerprint density at radius 2 is 1.22 bits per heavy atom. The summed E-state index contributed by atoms with van der Waals surface area (Å²) in [6.45, 7) is 12.0. The molecule has 6 aliphatic heterocycles. The highest BCUT2D eigenvalue weighted by Gasteiger charge is 2.41. The molecular weight excluding hydrogens is 1250 g/mol. The van der Waals surface area contributed by atoms with Gasteiger partial charge in [-0.2, -0.15) is 90.3 Å². The molecule has 31 heteroatoms. The van der Waals surface area contributed by atoms with Crippen molar-refractivity contribution < 1.29 is 59.6 Å². The maximum Gasteiger partial charge on any atom is 0.416 e. The molecular formula is C55H66Cl2F6N12O7S4. The Balaban J connectivity index is 0.000000227. The van der Waals surface area contributed by atoms with E-state index in [1.807, 2.05) is 27.7 Å². The standard InChI is InChI=1S/C28H28ClF3N6O4.C17H15ClF3N3.C10H15N3O3.4H2S/c1-27(2)41-15-19(42-27)14-40-22-8-9-33-25(34-22)36-26(39)38-18-7-4-10-37(13-18)21-12-20(29)23(35-24(21)38)16-5-3-6-17(11-16)28(30,31)32;18-13-8-14-16(22-12-5-2-6-24(14)9-12)23-15(13)10-3-1-4-11(7-10)17(19,20)21;1-10(2)15-6-7(16-10)5-14-8-3-4-12-9(11)13-8;;;;/h3,5-6,8-9,11-12,18-19H,4,7,10,13-15H2,1-2H3,(H,33,34,36,39);1,3-4,7-8,12H,2,5-6,9H2,(H,22,23);3-4,7H,5-6H2,1-2H3,(H2,11,12,13);4*1H2/t18-,19-;12-;7-;;;;/m000..../s1. The monoisotopic (exact) mass is 1320 g/mol. The van der Waals surface area contributed by atoms with Crippen LogP contribution >= 0.6 is 77.2 Å². The van der Waals surface area contributed by atoms with Gasteiger partial charge in [-0.25, -0.2) is 24.7 Å². The van der Waals surface area contributed by atoms with Gasteiger partial charge in [-0.3, -0.25) is 10.2 Å². The maximum absolute atomic E-state index is 13.7. The van der Waals surface area contributed by atoms with Gasteiger partial charge in [0.05, 0.1) is 63.2 Å². The number of fused-ring (bicyclic) bond motifs is 8. The minimum Gasteiger partial charge on any atom is -0.475 e. The number of nitrogen functional groups attached to an aromatic ring is 1. The summed E-state index contributed by atoms with van der Waals surface area (Å²) in [5.41, 5.74) is 6.53. The summed E-state index contributed by atoms with van der Waals surface area (Å²) < 4.78 is 113. The number of carbonyl (C=O) groups excluding carboxylic acids is 1. The van der Waals surface area contributed by atoms with Crippen LogP contribution in [-0.2, 0) is 31.3 Å². The lowest BCUT2D eigenvalue weighted by Gasteiger charge is -2.45. The Morgan fingerprint density at radius 3 is 1.77 bits per heavy atom. The van der Waals surface area contributed by atoms with Gasteiger partial charge in [-0.05, 0) is 89.8 Å². The first-order valence-corrected chi connectivity index (χ1v) is 27.1. The number of piperidine rings is 2. The van der Waals surface area contributed by atoms with Crippen LogP contribution in [0, 0.1) is 0 Å². The average Bonchev–Trinajstić information content (AvgIpc) is 1.06. The quantitative estimate of drug-likeness (QED) is 0.115. The topological polar surface area (TPSA) is 210 Å². The van der Waals surface area contributed by atoms with Gasteiger partial charge in [0.25, 0.3) is 0 Å². The fraction of sp³-hybridized carbons (Fsp3) is 0.436. The van der Waals surface area contributed by atoms with Crippen LogP contribution < -0.4 is 40.5 Å². The highest BCUT2D eigenvalue weighted by molar-refractivity contribution is 7.59. The minimum atomic E-state index is -4.53. The number of nitrogens with one attached hydrogen (secondary N) is 2. The van der Waals surface area contributed by atoms with Crippen molar-refractivity contribution in [1.82, 2.24) is 29.9 Å². The molecule has 6 aromatic rings. The van der Waals surface area contributed by atoms with Crippen molar-refractivity contribution in [2.75, 3.05) is 83.7 Å². The van der Waals surface area contributed by atoms with E-state index in [0.717, 1.165) is 75.3 Å². The number of carbonyl (C=O) groups is 1. The number of pyridine rings is 2. The van der Waals surface area contributed by atoms with Crippen LogP contribution in [0.1, 0.15) is 64.5 Å². The molecule has 4 atom stereocenters. The van der Waals surface area contributed by atoms with E-state index in [4.69, 9.17) is 57.4 Å². The number of urea groups is 1. The third-order valence-electron chi connectivity index (χ3n) is 13.9. The first kappa shape index (κ1) is 69.5. The highest BCUT2D eigenvalue weighted by atomic mass is 35.5. The molecule has 10 heterocycles. The number of alkyl halides is 6. The average molecular weight is 1320 g/mol. The van der Waals surface area contributed by atoms with Crippen LogP contribution in [0.5, 0.6) is 11.8 Å². The summed E-state index contributed by atoms with van der Waals surface area (Å²) in [5, 5.41) is 6.65. The van der Waals surface area contributed by atoms with Crippen LogP contribution in [0.15, 0.2) is 85.2 Å². The number of nitrogens with zero attached hydrogens (tertiary/aromatic N) is 9. The molecule has 0 unspecified atom stereocenters. The lowest BCUT2D eigenvalue weighted by Crippen LogP contribution is -2.56. The number of hydrogen-bond donors (Lipinski definition) is 3. The molecule has 4 bridgehead atoms. The molecule has 19 nitrogen and oxygen atoms in total. The highest BCUT2D eigenvalue weighted by Crippen LogP contribution is 2.44. The van der Waals surface area contributed by atoms with Crippen molar-refractivity contribution in [3.8, 4) is 34.3 Å². The van der Waals surface area contributed by atoms with Gasteiger partial charge in [0.15, 0.2) is 23.2 Å². The van der Waals surface area contributed by atoms with Crippen LogP contribution in [0.3, 0.4) is 0 Å². The molecule has 0 saturated carbocycles. The van der Waals surface area contributed by atoms with Gasteiger partial charge < -0.3 is 49.3 Å². The van der Waals surface area contributed by atoms with E-state index in [1.165, 1.54) is 29.3 Å². The molecule has 4 fully saturated rings. The fourth-order valence-corrected chi connectivity index (χ4v) is 10.8. The maximum atomic E-state index is 13.7. The summed E-state index contributed by atoms with van der Waals surface area (Å²) in [4.78, 5) is 44.9. The number of ether oxygens (including phenoxy) is 6. The zero-order chi connectivity index (χ0) is 58.1. The Labute approximate surface area is 530 Å². The number of hydrogen-bond acceptors (Lipinski definition) is 17. The van der Waals surface area contributed by atoms with Crippen LogP contribution in [-0.4, -0.2) is 124 Å². The van der Waals surface area contributed by atoms with Gasteiger partial charge >= 0.3 is 18.4 Å². The van der Waals surface area contributed by atoms with Crippen molar-refractivity contribution in [2.45, 2.75) is 102 Å². The summed E-state index contributed by atoms with van der Waals surface area (Å²) in [5.74, 6) is 0.691. The van der Waals surface area contributed by atoms with Crippen LogP contribution in [0.25, 0.3) is 22.5 Å². The second kappa shape index (κ2) is 28.7. The number of amides is 2. The number of rotatable bonds is 9. The van der Waals surface area contributed by atoms with E-state index in [2.05, 4.69) is 50.3 Å². The molecule has 4 saturated heterocycles. The van der Waals surface area contributed by atoms with Crippen LogP contribution in [0.4, 0.5) is 66.0 Å². The summed E-state index contributed by atoms with van der Waals surface area (Å²) in [6, 6.07) is 16.1. The summed E-state index contributed by atoms with van der Waals surface area (Å²) in [6.07, 6.45) is -2.53. The molecule has 0 radical (unpaired) electrons. The zero-order valence-corrected chi connectivity index (χ0v) is 52.4. The molecule has 6 aliphatic rings. The number of halogens is 8. The molecule has 0 aliphatic carbocycles. The lowest BCUT2D eigenvalue weighted by molar-refractivity contribution is -0.142. The van der Waals surface area contributed by atoms with E-state index >= 15 is 0 Å². The number of anilines is 6. The van der Waals surface area contributed by atoms with Gasteiger partial charge in [0, 0.05) is 67.9 Å². The third kappa shape index (κ3) is 16.9. The van der Waals surface area contributed by atoms with Gasteiger partial charge in [0.2, 0.25) is 23.7 Å². The van der Waals surface area contributed by atoms with Crippen molar-refractivity contribution in [3.05, 3.63) is 106 Å². The molecule has 12 rings (SSSR count). The normalized spacial score (nSPS) is 20.2. The van der Waals surface area contributed by atoms with Crippen molar-refractivity contribution >= 4 is 118 Å². The van der Waals surface area contributed by atoms with Crippen LogP contribution in [0.2, 0.25) is 10.0 Å². The predicted molar refractivity (Wildman–Crippen MR) is 336 cm³/mol. The van der Waals surface area contributed by atoms with E-state index in [-0.39, 0.29) is 113 Å². The van der Waals surface area contributed by atoms with E-state index < -0.39 is 41.1 Å². The molecule has 4 aromatic heterocycles. The molecule has 0 spiro atoms. The number of nitrogens with two attached hydrogens (primary N) is 1. The molecule has 4 N–H and O–H groups in total. The van der Waals surface area contributed by atoms with E-state index in [1.54, 1.807) is 36.5 Å². The fourth-order valence-electron chi connectivity index (χ4n) is 10.2. The Morgan fingerprint density at radius 1 is 0.698 bits per heavy atom. The summed E-state index contributed by atoms with van der Waals surface area (Å²) >= 11 is 12.9. The van der Waals surface area contributed by atoms with Gasteiger partial charge in [-0.1, -0.05) is 47.5 Å². The van der Waals surface area contributed by atoms with Gasteiger partial charge in [-0.15, -0.1) is 0 Å². The number of benzene rings is 2. The third-order valence-corrected chi connectivity index (χ3v) is 14.5. The molecule has 86 heavy (non-hydrogen) atoms. The largest absolute Gasteiger partial charge is 0.475 e. The predicted octanol–water partition coefficient (Wildman–Crippen LogP) is 11.6. The Kier molecular flexibility index (Phi) is 23.2. The van der Waals surface area contributed by atoms with Crippen molar-refractivity contribution in [1.29, 1.82) is 0 Å². The van der Waals surface area contributed by atoms with Crippen molar-refractivity contribution in [3.63, 3.8) is 0 Å². The summed E-state index contributed by atoms with van der Waals surface area (Å²) in [7, 11) is 0. The SMILES string of the molecule is CC1(C)OC[C@H](COc2ccnc(N)n2)O1.CC1(C)OC[C@H](COc2ccnc(NC(=O)N3c4nc(-c5cccc(C(F)(F)F)c5)c(Cl)cc4N4CCC[C@H]3C4)n2)O1.FC(F)(F)c1cccc(-c2nc3c(cc2Cl)N2CCC[C@@H](C2)N3)c1.S.S.S.S. The van der Waals surface area contributed by atoms with E-state index in [0.29, 0.717) is 71.9 Å². The Hall–Kier alpha value is -5.63. The lowest BCUT2D eigenvalue weighted by atomic mass is 9.99. The first-order chi connectivity index (χ1) is 38.9. The second-order valence-electron chi connectivity index (χ2n) is 21.0. The zero-order valence-electron chi connectivity index (χ0n) is 46.9. The second-order valence-corrected chi connectivity index (χ2v) is 21.8.